The van der Waals surface area contributed by atoms with Crippen LogP contribution in [0.25, 0.3) is 0 Å². The fraction of sp³-hybridized carbons (Fsp3) is 0.235. The van der Waals surface area contributed by atoms with Gasteiger partial charge in [-0.1, -0.05) is 52.3 Å². The molecule has 1 aliphatic carbocycles. The van der Waals surface area contributed by atoms with Gasteiger partial charge in [-0.3, -0.25) is 0 Å². The third-order valence-electron chi connectivity index (χ3n) is 4.14. The van der Waals surface area contributed by atoms with Gasteiger partial charge >= 0.3 is 0 Å². The number of benzene rings is 2. The second-order valence-electron chi connectivity index (χ2n) is 5.19. The normalized spacial score (nSPS) is 22.1. The van der Waals surface area contributed by atoms with E-state index in [1.807, 2.05) is 48.5 Å². The molecule has 0 fully saturated rings. The summed E-state index contributed by atoms with van der Waals surface area (Å²) in [6, 6.07) is 17.8. The molecular weight excluding hydrogens is 314 g/mol. The number of hydrogen-bond donors (Lipinski definition) is 1. The van der Waals surface area contributed by atoms with Crippen LogP contribution in [0.1, 0.15) is 29.2 Å². The zero-order chi connectivity index (χ0) is 14.2. The van der Waals surface area contributed by atoms with Crippen molar-refractivity contribution in [2.45, 2.75) is 24.4 Å². The highest BCUT2D eigenvalue weighted by molar-refractivity contribution is 9.10. The van der Waals surface area contributed by atoms with Gasteiger partial charge in [-0.05, 0) is 41.7 Å². The maximum absolute atomic E-state index is 10.8. The Morgan fingerprint density at radius 3 is 2.55 bits per heavy atom. The summed E-state index contributed by atoms with van der Waals surface area (Å²) in [7, 11) is 0. The van der Waals surface area contributed by atoms with Gasteiger partial charge in [-0.25, -0.2) is 0 Å². The Bertz CT molecular complexity index is 674. The van der Waals surface area contributed by atoms with E-state index < -0.39 is 11.5 Å². The van der Waals surface area contributed by atoms with Crippen LogP contribution in [-0.2, 0) is 11.8 Å². The molecule has 2 aromatic carbocycles. The Kier molecular flexibility index (Phi) is 3.37. The number of fused-ring (bicyclic) bond motifs is 1. The number of nitrogens with zero attached hydrogens (tertiary/aromatic N) is 1. The Morgan fingerprint density at radius 2 is 1.85 bits per heavy atom. The average molecular weight is 328 g/mol. The average Bonchev–Trinajstić information content (AvgIpc) is 2.87. The van der Waals surface area contributed by atoms with E-state index in [9.17, 15) is 10.4 Å². The summed E-state index contributed by atoms with van der Waals surface area (Å²) in [4.78, 5) is 0. The predicted octanol–water partition coefficient (Wildman–Crippen LogP) is 3.89. The van der Waals surface area contributed by atoms with E-state index in [1.165, 1.54) is 5.56 Å². The molecule has 2 atom stereocenters. The van der Waals surface area contributed by atoms with Crippen molar-refractivity contribution in [2.75, 3.05) is 0 Å². The van der Waals surface area contributed by atoms with E-state index in [4.69, 9.17) is 0 Å². The minimum Gasteiger partial charge on any atom is -0.386 e. The van der Waals surface area contributed by atoms with Crippen LogP contribution in [0.3, 0.4) is 0 Å². The van der Waals surface area contributed by atoms with Crippen LogP contribution in [0, 0.1) is 11.3 Å². The molecular formula is C17H14BrNO. The van der Waals surface area contributed by atoms with E-state index in [1.54, 1.807) is 0 Å². The molecule has 0 radical (unpaired) electrons. The van der Waals surface area contributed by atoms with Crippen LogP contribution < -0.4 is 0 Å². The molecule has 100 valence electrons. The lowest BCUT2D eigenvalue weighted by Crippen LogP contribution is -2.29. The summed E-state index contributed by atoms with van der Waals surface area (Å²) in [5.74, 6) is 0. The smallest absolute Gasteiger partial charge is 0.113 e. The summed E-state index contributed by atoms with van der Waals surface area (Å²) < 4.78 is 0.964. The second kappa shape index (κ2) is 5.05. The predicted molar refractivity (Wildman–Crippen MR) is 81.2 cm³/mol. The van der Waals surface area contributed by atoms with Crippen LogP contribution in [0.15, 0.2) is 53.0 Å². The second-order valence-corrected chi connectivity index (χ2v) is 6.11. The Balaban J connectivity index is 2.07. The van der Waals surface area contributed by atoms with Crippen molar-refractivity contribution in [2.24, 2.45) is 0 Å². The Morgan fingerprint density at radius 1 is 1.15 bits per heavy atom. The lowest BCUT2D eigenvalue weighted by molar-refractivity contribution is 0.111. The quantitative estimate of drug-likeness (QED) is 0.909. The molecule has 20 heavy (non-hydrogen) atoms. The number of hydrogen-bond acceptors (Lipinski definition) is 2. The molecule has 0 aromatic heterocycles. The van der Waals surface area contributed by atoms with Crippen LogP contribution in [0.5, 0.6) is 0 Å². The maximum atomic E-state index is 10.8. The Hall–Kier alpha value is -1.63. The first-order valence-electron chi connectivity index (χ1n) is 6.60. The number of rotatable bonds is 2. The molecule has 1 N–H and O–H groups in total. The van der Waals surface area contributed by atoms with Gasteiger partial charge in [0.2, 0.25) is 0 Å². The number of halogens is 1. The van der Waals surface area contributed by atoms with Crippen molar-refractivity contribution in [3.05, 3.63) is 69.7 Å². The van der Waals surface area contributed by atoms with Gasteiger partial charge in [0, 0.05) is 4.47 Å². The van der Waals surface area contributed by atoms with Crippen molar-refractivity contribution >= 4 is 15.9 Å². The first kappa shape index (κ1) is 13.4. The SMILES string of the molecule is N#CC1(C(O)c2ccc(Br)cc2)CCc2ccccc21. The topological polar surface area (TPSA) is 44.0 Å². The highest BCUT2D eigenvalue weighted by atomic mass is 79.9. The number of aryl methyl sites for hydroxylation is 1. The van der Waals surface area contributed by atoms with Crippen molar-refractivity contribution in [3.8, 4) is 6.07 Å². The summed E-state index contributed by atoms with van der Waals surface area (Å²) in [6.07, 6.45) is 0.710. The summed E-state index contributed by atoms with van der Waals surface area (Å²) in [5, 5.41) is 20.5. The van der Waals surface area contributed by atoms with E-state index in [2.05, 4.69) is 22.0 Å². The highest BCUT2D eigenvalue weighted by Crippen LogP contribution is 2.47. The molecule has 0 heterocycles. The Labute approximate surface area is 126 Å². The van der Waals surface area contributed by atoms with Gasteiger partial charge < -0.3 is 5.11 Å². The minimum atomic E-state index is -0.829. The van der Waals surface area contributed by atoms with Crippen molar-refractivity contribution in [1.29, 1.82) is 5.26 Å². The highest BCUT2D eigenvalue weighted by Gasteiger charge is 2.45. The molecule has 0 saturated carbocycles. The lowest BCUT2D eigenvalue weighted by Gasteiger charge is -2.28. The molecule has 0 aliphatic heterocycles. The van der Waals surface area contributed by atoms with Gasteiger partial charge in [-0.15, -0.1) is 0 Å². The van der Waals surface area contributed by atoms with Gasteiger partial charge in [-0.2, -0.15) is 5.26 Å². The summed E-state index contributed by atoms with van der Waals surface area (Å²) in [5.41, 5.74) is 2.10. The first-order valence-corrected chi connectivity index (χ1v) is 7.40. The molecule has 1 aliphatic rings. The lowest BCUT2D eigenvalue weighted by atomic mass is 9.75. The van der Waals surface area contributed by atoms with Gasteiger partial charge in [0.25, 0.3) is 0 Å². The van der Waals surface area contributed by atoms with Crippen molar-refractivity contribution in [3.63, 3.8) is 0 Å². The molecule has 0 amide bonds. The monoisotopic (exact) mass is 327 g/mol. The van der Waals surface area contributed by atoms with Crippen LogP contribution >= 0.6 is 15.9 Å². The minimum absolute atomic E-state index is 0.667. The maximum Gasteiger partial charge on any atom is 0.113 e. The number of aliphatic hydroxyl groups excluding tert-OH is 1. The molecule has 0 bridgehead atoms. The van der Waals surface area contributed by atoms with Crippen LogP contribution in [0.4, 0.5) is 0 Å². The van der Waals surface area contributed by atoms with E-state index in [0.29, 0.717) is 6.42 Å². The van der Waals surface area contributed by atoms with Gasteiger partial charge in [0.1, 0.15) is 11.5 Å². The molecule has 3 rings (SSSR count). The zero-order valence-electron chi connectivity index (χ0n) is 10.9. The van der Waals surface area contributed by atoms with Crippen molar-refractivity contribution < 1.29 is 5.11 Å². The van der Waals surface area contributed by atoms with Gasteiger partial charge in [0.15, 0.2) is 0 Å². The zero-order valence-corrected chi connectivity index (χ0v) is 12.5. The third-order valence-corrected chi connectivity index (χ3v) is 4.67. The fourth-order valence-electron chi connectivity index (χ4n) is 3.03. The summed E-state index contributed by atoms with van der Waals surface area (Å²) >= 11 is 3.39. The van der Waals surface area contributed by atoms with Crippen LogP contribution in [0.2, 0.25) is 0 Å². The molecule has 2 nitrogen and oxygen atoms in total. The first-order chi connectivity index (χ1) is 9.67. The molecule has 2 aromatic rings. The molecule has 0 saturated heterocycles. The fourth-order valence-corrected chi connectivity index (χ4v) is 3.30. The van der Waals surface area contributed by atoms with Crippen LogP contribution in [-0.4, -0.2) is 5.11 Å². The molecule has 3 heteroatoms. The largest absolute Gasteiger partial charge is 0.386 e. The van der Waals surface area contributed by atoms with Gasteiger partial charge in [0.05, 0.1) is 6.07 Å². The number of nitriles is 1. The molecule has 2 unspecified atom stereocenters. The summed E-state index contributed by atoms with van der Waals surface area (Å²) in [6.45, 7) is 0. The van der Waals surface area contributed by atoms with E-state index in [-0.39, 0.29) is 0 Å². The molecule has 0 spiro atoms. The standard InChI is InChI=1S/C17H14BrNO/c18-14-7-5-13(6-8-14)16(20)17(11-19)10-9-12-3-1-2-4-15(12)17/h1-8,16,20H,9-10H2. The van der Waals surface area contributed by atoms with Crippen molar-refractivity contribution in [1.82, 2.24) is 0 Å². The number of aliphatic hydroxyl groups is 1. The van der Waals surface area contributed by atoms with E-state index in [0.717, 1.165) is 22.0 Å². The van der Waals surface area contributed by atoms with E-state index >= 15 is 0 Å². The third kappa shape index (κ3) is 1.96.